The molecule has 2 aliphatic rings. The lowest BCUT2D eigenvalue weighted by atomic mass is 10.2. The van der Waals surface area contributed by atoms with E-state index in [1.807, 2.05) is 0 Å². The molecule has 0 aromatic rings. The van der Waals surface area contributed by atoms with Gasteiger partial charge in [-0.15, -0.1) is 0 Å². The summed E-state index contributed by atoms with van der Waals surface area (Å²) in [5.74, 6) is 0.213. The summed E-state index contributed by atoms with van der Waals surface area (Å²) in [7, 11) is 0. The Kier molecular flexibility index (Phi) is 4.36. The second kappa shape index (κ2) is 5.80. The van der Waals surface area contributed by atoms with Crippen molar-refractivity contribution in [2.75, 3.05) is 39.3 Å². The molecule has 2 aliphatic heterocycles. The Hall–Kier alpha value is -0.650. The molecule has 2 rings (SSSR count). The molecule has 0 aromatic carbocycles. The zero-order chi connectivity index (χ0) is 12.3. The highest BCUT2D eigenvalue weighted by molar-refractivity contribution is 5.78. The lowest BCUT2D eigenvalue weighted by Gasteiger charge is -2.38. The van der Waals surface area contributed by atoms with Gasteiger partial charge in [-0.05, 0) is 13.3 Å². The lowest BCUT2D eigenvalue weighted by molar-refractivity contribution is -0.119. The van der Waals surface area contributed by atoms with Crippen LogP contribution in [0.25, 0.3) is 0 Å². The molecule has 0 bridgehead atoms. The Labute approximate surface area is 103 Å². The molecule has 0 spiro atoms. The first-order valence-electron chi connectivity index (χ1n) is 6.65. The highest BCUT2D eigenvalue weighted by Crippen LogP contribution is 2.11. The van der Waals surface area contributed by atoms with Gasteiger partial charge in [0.05, 0.1) is 0 Å². The third-order valence-corrected chi connectivity index (χ3v) is 3.93. The van der Waals surface area contributed by atoms with Crippen LogP contribution in [0.4, 0.5) is 0 Å². The number of rotatable bonds is 4. The Morgan fingerprint density at radius 1 is 1.41 bits per heavy atom. The molecule has 98 valence electrons. The molecule has 0 aliphatic carbocycles. The number of piperazine rings is 1. The van der Waals surface area contributed by atoms with Gasteiger partial charge >= 0.3 is 0 Å². The van der Waals surface area contributed by atoms with E-state index in [4.69, 9.17) is 5.73 Å². The molecule has 0 radical (unpaired) electrons. The van der Waals surface area contributed by atoms with E-state index in [1.165, 1.54) is 0 Å². The van der Waals surface area contributed by atoms with Crippen LogP contribution >= 0.6 is 0 Å². The number of nitrogens with one attached hydrogen (secondary N) is 1. The average molecular weight is 240 g/mol. The summed E-state index contributed by atoms with van der Waals surface area (Å²) < 4.78 is 0. The minimum Gasteiger partial charge on any atom is -0.352 e. The maximum atomic E-state index is 11.1. The van der Waals surface area contributed by atoms with Crippen molar-refractivity contribution in [3.63, 3.8) is 0 Å². The zero-order valence-electron chi connectivity index (χ0n) is 10.7. The molecule has 5 nitrogen and oxygen atoms in total. The molecule has 2 fully saturated rings. The first-order valence-corrected chi connectivity index (χ1v) is 6.65. The quantitative estimate of drug-likeness (QED) is 0.677. The fourth-order valence-electron chi connectivity index (χ4n) is 2.66. The summed E-state index contributed by atoms with van der Waals surface area (Å²) in [6.45, 7) is 8.31. The number of nitrogens with two attached hydrogens (primary N) is 1. The highest BCUT2D eigenvalue weighted by Gasteiger charge is 2.26. The van der Waals surface area contributed by atoms with Crippen LogP contribution in [0.3, 0.4) is 0 Å². The molecule has 2 saturated heterocycles. The summed E-state index contributed by atoms with van der Waals surface area (Å²) in [4.78, 5) is 16.0. The Bertz CT molecular complexity index is 263. The molecule has 1 amide bonds. The van der Waals surface area contributed by atoms with Gasteiger partial charge < -0.3 is 11.1 Å². The van der Waals surface area contributed by atoms with Crippen molar-refractivity contribution in [2.45, 2.75) is 31.8 Å². The summed E-state index contributed by atoms with van der Waals surface area (Å²) in [5.41, 5.74) is 5.68. The van der Waals surface area contributed by atoms with Gasteiger partial charge in [0.2, 0.25) is 5.91 Å². The Morgan fingerprint density at radius 3 is 2.65 bits per heavy atom. The van der Waals surface area contributed by atoms with Crippen molar-refractivity contribution in [2.24, 2.45) is 5.73 Å². The van der Waals surface area contributed by atoms with E-state index in [9.17, 15) is 4.79 Å². The predicted octanol–water partition coefficient (Wildman–Crippen LogP) is -0.770. The van der Waals surface area contributed by atoms with Crippen LogP contribution in [0.5, 0.6) is 0 Å². The standard InChI is InChI=1S/C12H24N4O/c1-10(8-13)16-6-4-15(5-7-16)9-11-2-3-12(17)14-11/h10-11H,2-9,13H2,1H3,(H,14,17). The van der Waals surface area contributed by atoms with Crippen molar-refractivity contribution >= 4 is 5.91 Å². The van der Waals surface area contributed by atoms with Crippen LogP contribution in [-0.2, 0) is 4.79 Å². The van der Waals surface area contributed by atoms with Crippen LogP contribution in [0.1, 0.15) is 19.8 Å². The molecule has 3 N–H and O–H groups in total. The Morgan fingerprint density at radius 2 is 2.12 bits per heavy atom. The van der Waals surface area contributed by atoms with Crippen LogP contribution in [0.2, 0.25) is 0 Å². The first-order chi connectivity index (χ1) is 8.19. The van der Waals surface area contributed by atoms with E-state index in [2.05, 4.69) is 22.0 Å². The van der Waals surface area contributed by atoms with Crippen LogP contribution in [0, 0.1) is 0 Å². The van der Waals surface area contributed by atoms with E-state index >= 15 is 0 Å². The van der Waals surface area contributed by atoms with Gasteiger partial charge in [0, 0.05) is 57.8 Å². The van der Waals surface area contributed by atoms with Gasteiger partial charge in [0.25, 0.3) is 0 Å². The van der Waals surface area contributed by atoms with Gasteiger partial charge in [-0.3, -0.25) is 14.6 Å². The van der Waals surface area contributed by atoms with E-state index < -0.39 is 0 Å². The van der Waals surface area contributed by atoms with Crippen molar-refractivity contribution in [3.05, 3.63) is 0 Å². The lowest BCUT2D eigenvalue weighted by Crippen LogP contribution is -2.53. The molecule has 0 aromatic heterocycles. The van der Waals surface area contributed by atoms with E-state index in [0.29, 0.717) is 18.5 Å². The molecule has 2 heterocycles. The molecule has 0 saturated carbocycles. The van der Waals surface area contributed by atoms with Crippen molar-refractivity contribution in [1.82, 2.24) is 15.1 Å². The van der Waals surface area contributed by atoms with Gasteiger partial charge in [-0.1, -0.05) is 0 Å². The van der Waals surface area contributed by atoms with Crippen LogP contribution < -0.4 is 11.1 Å². The number of carbonyl (C=O) groups excluding carboxylic acids is 1. The van der Waals surface area contributed by atoms with Gasteiger partial charge in [-0.2, -0.15) is 0 Å². The van der Waals surface area contributed by atoms with Crippen molar-refractivity contribution in [1.29, 1.82) is 0 Å². The largest absolute Gasteiger partial charge is 0.352 e. The molecule has 5 heteroatoms. The third-order valence-electron chi connectivity index (χ3n) is 3.93. The summed E-state index contributed by atoms with van der Waals surface area (Å²) in [6.07, 6.45) is 1.70. The van der Waals surface area contributed by atoms with E-state index in [1.54, 1.807) is 0 Å². The van der Waals surface area contributed by atoms with Crippen LogP contribution in [-0.4, -0.2) is 67.1 Å². The summed E-state index contributed by atoms with van der Waals surface area (Å²) in [6, 6.07) is 0.865. The normalized spacial score (nSPS) is 29.3. The number of carbonyl (C=O) groups is 1. The molecular weight excluding hydrogens is 216 g/mol. The topological polar surface area (TPSA) is 61.6 Å². The van der Waals surface area contributed by atoms with Crippen molar-refractivity contribution in [3.8, 4) is 0 Å². The second-order valence-electron chi connectivity index (χ2n) is 5.22. The monoisotopic (exact) mass is 240 g/mol. The van der Waals surface area contributed by atoms with E-state index in [0.717, 1.165) is 45.7 Å². The fraction of sp³-hybridized carbons (Fsp3) is 0.917. The first kappa shape index (κ1) is 12.8. The van der Waals surface area contributed by atoms with Gasteiger partial charge in [0.15, 0.2) is 0 Å². The second-order valence-corrected chi connectivity index (χ2v) is 5.22. The van der Waals surface area contributed by atoms with Gasteiger partial charge in [-0.25, -0.2) is 0 Å². The zero-order valence-corrected chi connectivity index (χ0v) is 10.7. The average Bonchev–Trinajstić information content (AvgIpc) is 2.75. The fourth-order valence-corrected chi connectivity index (χ4v) is 2.66. The molecule has 17 heavy (non-hydrogen) atoms. The number of hydrogen-bond acceptors (Lipinski definition) is 4. The maximum Gasteiger partial charge on any atom is 0.220 e. The summed E-state index contributed by atoms with van der Waals surface area (Å²) >= 11 is 0. The Balaban J connectivity index is 1.70. The molecular formula is C12H24N4O. The van der Waals surface area contributed by atoms with Gasteiger partial charge in [0.1, 0.15) is 0 Å². The molecule has 2 unspecified atom stereocenters. The summed E-state index contributed by atoms with van der Waals surface area (Å²) in [5, 5.41) is 3.03. The minimum atomic E-state index is 0.213. The smallest absolute Gasteiger partial charge is 0.220 e. The number of hydrogen-bond donors (Lipinski definition) is 2. The number of amides is 1. The van der Waals surface area contributed by atoms with Crippen LogP contribution in [0.15, 0.2) is 0 Å². The minimum absolute atomic E-state index is 0.213. The molecule has 2 atom stereocenters. The van der Waals surface area contributed by atoms with Crippen molar-refractivity contribution < 1.29 is 4.79 Å². The SMILES string of the molecule is CC(CN)N1CCN(CC2CCC(=O)N2)CC1. The van der Waals surface area contributed by atoms with E-state index in [-0.39, 0.29) is 5.91 Å². The third kappa shape index (κ3) is 3.40. The highest BCUT2D eigenvalue weighted by atomic mass is 16.1. The predicted molar refractivity (Wildman–Crippen MR) is 67.7 cm³/mol. The number of nitrogens with zero attached hydrogens (tertiary/aromatic N) is 2. The maximum absolute atomic E-state index is 11.1.